The number of ether oxygens (including phenoxy) is 1. The van der Waals surface area contributed by atoms with E-state index in [4.69, 9.17) is 0 Å². The Kier molecular flexibility index (Phi) is 5.66. The van der Waals surface area contributed by atoms with E-state index in [1.54, 1.807) is 24.3 Å². The smallest absolute Gasteiger partial charge is 0.406 e. The van der Waals surface area contributed by atoms with Crippen molar-refractivity contribution in [3.8, 4) is 17.6 Å². The standard InChI is InChI=1S/C22H14F3NO2/c23-22(24,25)28-20-14-12-19(13-15-20)26-21(27)18-10-8-17(9-11-18)7-6-16-4-2-1-3-5-16/h1-5,8-15H,(H,26,27). The Labute approximate surface area is 159 Å². The molecule has 3 aromatic carbocycles. The van der Waals surface area contributed by atoms with Gasteiger partial charge in [-0.2, -0.15) is 0 Å². The number of anilines is 1. The van der Waals surface area contributed by atoms with Crippen LogP contribution >= 0.6 is 0 Å². The van der Waals surface area contributed by atoms with Gasteiger partial charge >= 0.3 is 6.36 Å². The lowest BCUT2D eigenvalue weighted by molar-refractivity contribution is -0.274. The number of alkyl halides is 3. The number of amides is 1. The Morgan fingerprint density at radius 3 is 1.93 bits per heavy atom. The first-order valence-electron chi connectivity index (χ1n) is 8.23. The molecule has 3 nitrogen and oxygen atoms in total. The summed E-state index contributed by atoms with van der Waals surface area (Å²) in [7, 11) is 0. The Morgan fingerprint density at radius 1 is 0.786 bits per heavy atom. The van der Waals surface area contributed by atoms with Gasteiger partial charge in [-0.1, -0.05) is 30.0 Å². The van der Waals surface area contributed by atoms with E-state index in [0.717, 1.165) is 23.3 Å². The van der Waals surface area contributed by atoms with Gasteiger partial charge in [0.25, 0.3) is 5.91 Å². The molecule has 0 saturated heterocycles. The Hall–Kier alpha value is -3.72. The van der Waals surface area contributed by atoms with E-state index >= 15 is 0 Å². The van der Waals surface area contributed by atoms with Crippen molar-refractivity contribution in [2.24, 2.45) is 0 Å². The third-order valence-electron chi connectivity index (χ3n) is 3.62. The fourth-order valence-corrected chi connectivity index (χ4v) is 2.31. The second-order valence-electron chi connectivity index (χ2n) is 5.72. The highest BCUT2D eigenvalue weighted by atomic mass is 19.4. The van der Waals surface area contributed by atoms with Crippen LogP contribution in [0.25, 0.3) is 0 Å². The molecule has 0 fully saturated rings. The first-order valence-corrected chi connectivity index (χ1v) is 8.23. The third-order valence-corrected chi connectivity index (χ3v) is 3.62. The quantitative estimate of drug-likeness (QED) is 0.631. The minimum Gasteiger partial charge on any atom is -0.406 e. The lowest BCUT2D eigenvalue weighted by Gasteiger charge is -2.10. The maximum absolute atomic E-state index is 12.3. The fourth-order valence-electron chi connectivity index (χ4n) is 2.31. The maximum atomic E-state index is 12.3. The first kappa shape index (κ1) is 19.1. The monoisotopic (exact) mass is 381 g/mol. The topological polar surface area (TPSA) is 38.3 Å². The van der Waals surface area contributed by atoms with Gasteiger partial charge in [-0.25, -0.2) is 0 Å². The molecule has 1 N–H and O–H groups in total. The summed E-state index contributed by atoms with van der Waals surface area (Å²) < 4.78 is 40.3. The highest BCUT2D eigenvalue weighted by Gasteiger charge is 2.30. The molecule has 0 bridgehead atoms. The number of rotatable bonds is 3. The lowest BCUT2D eigenvalue weighted by atomic mass is 10.1. The summed E-state index contributed by atoms with van der Waals surface area (Å²) in [5, 5.41) is 2.61. The van der Waals surface area contributed by atoms with Gasteiger partial charge in [0.1, 0.15) is 5.75 Å². The summed E-state index contributed by atoms with van der Waals surface area (Å²) in [4.78, 5) is 12.3. The van der Waals surface area contributed by atoms with E-state index in [0.29, 0.717) is 11.3 Å². The molecule has 0 unspecified atom stereocenters. The number of hydrogen-bond donors (Lipinski definition) is 1. The third kappa shape index (κ3) is 5.64. The van der Waals surface area contributed by atoms with Gasteiger partial charge < -0.3 is 10.1 Å². The maximum Gasteiger partial charge on any atom is 0.573 e. The minimum atomic E-state index is -4.75. The van der Waals surface area contributed by atoms with Crippen molar-refractivity contribution in [3.05, 3.63) is 95.6 Å². The van der Waals surface area contributed by atoms with Gasteiger partial charge in [-0.05, 0) is 60.7 Å². The molecule has 0 aromatic heterocycles. The zero-order valence-electron chi connectivity index (χ0n) is 14.5. The summed E-state index contributed by atoms with van der Waals surface area (Å²) in [5.74, 6) is 5.31. The summed E-state index contributed by atoms with van der Waals surface area (Å²) in [5.41, 5.74) is 2.41. The predicted molar refractivity (Wildman–Crippen MR) is 99.9 cm³/mol. The molecule has 140 valence electrons. The van der Waals surface area contributed by atoms with Crippen molar-refractivity contribution < 1.29 is 22.7 Å². The largest absolute Gasteiger partial charge is 0.573 e. The molecule has 3 rings (SSSR count). The van der Waals surface area contributed by atoms with E-state index in [-0.39, 0.29) is 11.7 Å². The number of carbonyl (C=O) groups excluding carboxylic acids is 1. The minimum absolute atomic E-state index is 0.354. The predicted octanol–water partition coefficient (Wildman–Crippen LogP) is 5.24. The van der Waals surface area contributed by atoms with E-state index in [9.17, 15) is 18.0 Å². The van der Waals surface area contributed by atoms with Crippen LogP contribution in [-0.4, -0.2) is 12.3 Å². The Balaban J connectivity index is 1.63. The van der Waals surface area contributed by atoms with E-state index < -0.39 is 6.36 Å². The lowest BCUT2D eigenvalue weighted by Crippen LogP contribution is -2.17. The van der Waals surface area contributed by atoms with Crippen LogP contribution in [0, 0.1) is 11.8 Å². The zero-order chi connectivity index (χ0) is 20.0. The van der Waals surface area contributed by atoms with Crippen LogP contribution in [0.4, 0.5) is 18.9 Å². The van der Waals surface area contributed by atoms with Gasteiger partial charge in [0.2, 0.25) is 0 Å². The molecule has 0 saturated carbocycles. The second kappa shape index (κ2) is 8.31. The average molecular weight is 381 g/mol. The summed E-state index contributed by atoms with van der Waals surface area (Å²) in [6, 6.07) is 21.2. The molecule has 0 aliphatic carbocycles. The summed E-state index contributed by atoms with van der Waals surface area (Å²) >= 11 is 0. The number of carbonyl (C=O) groups is 1. The van der Waals surface area contributed by atoms with E-state index in [2.05, 4.69) is 21.9 Å². The zero-order valence-corrected chi connectivity index (χ0v) is 14.5. The fraction of sp³-hybridized carbons (Fsp3) is 0.0455. The Morgan fingerprint density at radius 2 is 1.36 bits per heavy atom. The van der Waals surface area contributed by atoms with Crippen LogP contribution in [0.2, 0.25) is 0 Å². The highest BCUT2D eigenvalue weighted by Crippen LogP contribution is 2.24. The molecular formula is C22H14F3NO2. The van der Waals surface area contributed by atoms with Gasteiger partial charge in [0.05, 0.1) is 0 Å². The van der Waals surface area contributed by atoms with E-state index in [1.807, 2.05) is 30.3 Å². The number of nitrogens with one attached hydrogen (secondary N) is 1. The van der Waals surface area contributed by atoms with Gasteiger partial charge in [-0.3, -0.25) is 4.79 Å². The van der Waals surface area contributed by atoms with Crippen LogP contribution in [0.5, 0.6) is 5.75 Å². The number of benzene rings is 3. The van der Waals surface area contributed by atoms with E-state index in [1.165, 1.54) is 12.1 Å². The van der Waals surface area contributed by atoms with Crippen molar-refractivity contribution in [1.29, 1.82) is 0 Å². The van der Waals surface area contributed by atoms with Crippen LogP contribution in [0.15, 0.2) is 78.9 Å². The van der Waals surface area contributed by atoms with Gasteiger partial charge in [0.15, 0.2) is 0 Å². The van der Waals surface area contributed by atoms with Crippen LogP contribution < -0.4 is 10.1 Å². The average Bonchev–Trinajstić information content (AvgIpc) is 2.68. The number of hydrogen-bond acceptors (Lipinski definition) is 2. The van der Waals surface area contributed by atoms with Crippen LogP contribution in [-0.2, 0) is 0 Å². The highest BCUT2D eigenvalue weighted by molar-refractivity contribution is 6.04. The van der Waals surface area contributed by atoms with Crippen molar-refractivity contribution in [2.45, 2.75) is 6.36 Å². The van der Waals surface area contributed by atoms with Crippen molar-refractivity contribution in [1.82, 2.24) is 0 Å². The summed E-state index contributed by atoms with van der Waals surface area (Å²) in [6.07, 6.45) is -4.75. The summed E-state index contributed by atoms with van der Waals surface area (Å²) in [6.45, 7) is 0. The molecular weight excluding hydrogens is 367 g/mol. The molecule has 1 amide bonds. The van der Waals surface area contributed by atoms with Crippen LogP contribution in [0.3, 0.4) is 0 Å². The van der Waals surface area contributed by atoms with Crippen LogP contribution in [0.1, 0.15) is 21.5 Å². The molecule has 0 heterocycles. The molecule has 6 heteroatoms. The first-order chi connectivity index (χ1) is 13.4. The van der Waals surface area contributed by atoms with Crippen molar-refractivity contribution in [3.63, 3.8) is 0 Å². The molecule has 3 aromatic rings. The van der Waals surface area contributed by atoms with Gasteiger partial charge in [-0.15, -0.1) is 13.2 Å². The molecule has 0 atom stereocenters. The Bertz CT molecular complexity index is 1000. The van der Waals surface area contributed by atoms with Crippen molar-refractivity contribution in [2.75, 3.05) is 5.32 Å². The molecule has 28 heavy (non-hydrogen) atoms. The molecule has 0 radical (unpaired) electrons. The number of halogens is 3. The van der Waals surface area contributed by atoms with Gasteiger partial charge in [0, 0.05) is 22.4 Å². The molecule has 0 aliphatic heterocycles. The SMILES string of the molecule is O=C(Nc1ccc(OC(F)(F)F)cc1)c1ccc(C#Cc2ccccc2)cc1. The normalized spacial score (nSPS) is 10.5. The molecule has 0 spiro atoms. The second-order valence-corrected chi connectivity index (χ2v) is 5.72. The van der Waals surface area contributed by atoms with Crippen molar-refractivity contribution >= 4 is 11.6 Å². The molecule has 0 aliphatic rings.